The second kappa shape index (κ2) is 6.74. The third-order valence-electron chi connectivity index (χ3n) is 3.83. The van der Waals surface area contributed by atoms with Crippen molar-refractivity contribution in [1.82, 2.24) is 10.6 Å². The van der Waals surface area contributed by atoms with Gasteiger partial charge < -0.3 is 19.8 Å². The number of rotatable bonds is 5. The number of aryl methyl sites for hydroxylation is 1. The van der Waals surface area contributed by atoms with E-state index in [2.05, 4.69) is 26.6 Å². The van der Waals surface area contributed by atoms with Crippen LogP contribution in [0.4, 0.5) is 0 Å². The smallest absolute Gasteiger partial charge is 0.287 e. The molecule has 20 heavy (non-hydrogen) atoms. The first kappa shape index (κ1) is 15.5. The minimum atomic E-state index is -0.165. The van der Waals surface area contributed by atoms with Crippen LogP contribution in [0.5, 0.6) is 0 Å². The van der Waals surface area contributed by atoms with Crippen molar-refractivity contribution in [3.63, 3.8) is 0 Å². The molecule has 112 valence electrons. The molecular weight excluding hydrogens is 324 g/mol. The zero-order valence-electron chi connectivity index (χ0n) is 11.9. The molecule has 0 atom stereocenters. The maximum absolute atomic E-state index is 12.2. The summed E-state index contributed by atoms with van der Waals surface area (Å²) in [6, 6.07) is 1.80. The first-order valence-electron chi connectivity index (χ1n) is 6.80. The van der Waals surface area contributed by atoms with Gasteiger partial charge in [-0.3, -0.25) is 4.79 Å². The van der Waals surface area contributed by atoms with Crippen LogP contribution in [-0.2, 0) is 4.74 Å². The Bertz CT molecular complexity index is 461. The van der Waals surface area contributed by atoms with E-state index in [0.717, 1.165) is 31.5 Å². The number of halogens is 1. The van der Waals surface area contributed by atoms with E-state index in [1.807, 2.05) is 6.92 Å². The average Bonchev–Trinajstić information content (AvgIpc) is 2.77. The number of piperidine rings is 1. The lowest BCUT2D eigenvalue weighted by atomic mass is 9.79. The van der Waals surface area contributed by atoms with Crippen LogP contribution in [0.2, 0.25) is 0 Å². The molecule has 2 heterocycles. The largest absolute Gasteiger partial charge is 0.444 e. The molecule has 1 fully saturated rings. The van der Waals surface area contributed by atoms with Crippen LogP contribution < -0.4 is 10.6 Å². The first-order valence-corrected chi connectivity index (χ1v) is 7.59. The SMILES string of the molecule is COCC1(CNC(=O)c2oc(Br)cc2C)CCNCC1. The Morgan fingerprint density at radius 3 is 2.80 bits per heavy atom. The number of hydrogen-bond acceptors (Lipinski definition) is 4. The summed E-state index contributed by atoms with van der Waals surface area (Å²) in [4.78, 5) is 12.2. The lowest BCUT2D eigenvalue weighted by Crippen LogP contribution is -2.47. The van der Waals surface area contributed by atoms with Crippen molar-refractivity contribution < 1.29 is 13.9 Å². The Labute approximate surface area is 127 Å². The Balaban J connectivity index is 1.98. The van der Waals surface area contributed by atoms with Gasteiger partial charge in [0.1, 0.15) is 0 Å². The molecule has 1 aliphatic rings. The Morgan fingerprint density at radius 2 is 2.25 bits per heavy atom. The quantitative estimate of drug-likeness (QED) is 0.858. The Kier molecular flexibility index (Phi) is 5.23. The van der Waals surface area contributed by atoms with Gasteiger partial charge in [-0.05, 0) is 54.9 Å². The normalized spacial score (nSPS) is 17.9. The van der Waals surface area contributed by atoms with E-state index in [1.165, 1.54) is 0 Å². The van der Waals surface area contributed by atoms with E-state index >= 15 is 0 Å². The van der Waals surface area contributed by atoms with Crippen LogP contribution >= 0.6 is 15.9 Å². The van der Waals surface area contributed by atoms with Crippen molar-refractivity contribution in [2.75, 3.05) is 33.4 Å². The average molecular weight is 345 g/mol. The molecule has 6 heteroatoms. The van der Waals surface area contributed by atoms with Crippen LogP contribution in [0.3, 0.4) is 0 Å². The fraction of sp³-hybridized carbons (Fsp3) is 0.643. The van der Waals surface area contributed by atoms with E-state index in [9.17, 15) is 4.79 Å². The Morgan fingerprint density at radius 1 is 1.55 bits per heavy atom. The van der Waals surface area contributed by atoms with E-state index in [-0.39, 0.29) is 11.3 Å². The summed E-state index contributed by atoms with van der Waals surface area (Å²) in [6.07, 6.45) is 2.00. The molecule has 0 bridgehead atoms. The predicted octanol–water partition coefficient (Wildman–Crippen LogP) is 2.10. The van der Waals surface area contributed by atoms with Crippen LogP contribution in [0, 0.1) is 12.3 Å². The second-order valence-corrected chi connectivity index (χ2v) is 6.21. The molecule has 1 aliphatic heterocycles. The maximum atomic E-state index is 12.2. The van der Waals surface area contributed by atoms with E-state index in [4.69, 9.17) is 9.15 Å². The van der Waals surface area contributed by atoms with Gasteiger partial charge >= 0.3 is 0 Å². The van der Waals surface area contributed by atoms with Crippen molar-refractivity contribution in [2.45, 2.75) is 19.8 Å². The number of methoxy groups -OCH3 is 1. The monoisotopic (exact) mass is 344 g/mol. The van der Waals surface area contributed by atoms with Crippen molar-refractivity contribution >= 4 is 21.8 Å². The second-order valence-electron chi connectivity index (χ2n) is 5.43. The molecule has 2 rings (SSSR count). The Hall–Kier alpha value is -0.850. The minimum Gasteiger partial charge on any atom is -0.444 e. The van der Waals surface area contributed by atoms with Crippen molar-refractivity contribution in [3.8, 4) is 0 Å². The molecule has 0 aliphatic carbocycles. The number of carbonyl (C=O) groups excluding carboxylic acids is 1. The van der Waals surface area contributed by atoms with Crippen LogP contribution in [0.1, 0.15) is 29.0 Å². The van der Waals surface area contributed by atoms with Gasteiger partial charge in [-0.1, -0.05) is 0 Å². The minimum absolute atomic E-state index is 0.0212. The van der Waals surface area contributed by atoms with Crippen LogP contribution in [0.15, 0.2) is 15.2 Å². The molecule has 2 N–H and O–H groups in total. The summed E-state index contributed by atoms with van der Waals surface area (Å²) in [6.45, 7) is 5.06. The van der Waals surface area contributed by atoms with E-state index in [1.54, 1.807) is 13.2 Å². The topological polar surface area (TPSA) is 63.5 Å². The molecule has 1 amide bonds. The zero-order chi connectivity index (χ0) is 14.6. The van der Waals surface area contributed by atoms with Gasteiger partial charge in [0.05, 0.1) is 6.61 Å². The molecule has 0 unspecified atom stereocenters. The summed E-state index contributed by atoms with van der Waals surface area (Å²) >= 11 is 3.24. The first-order chi connectivity index (χ1) is 9.56. The van der Waals surface area contributed by atoms with Gasteiger partial charge in [0.25, 0.3) is 5.91 Å². The number of nitrogens with one attached hydrogen (secondary N) is 2. The number of furan rings is 1. The lowest BCUT2D eigenvalue weighted by molar-refractivity contribution is 0.0506. The van der Waals surface area contributed by atoms with Gasteiger partial charge in [0, 0.05) is 24.6 Å². The molecule has 0 aromatic carbocycles. The van der Waals surface area contributed by atoms with Crippen molar-refractivity contribution in [3.05, 3.63) is 22.1 Å². The summed E-state index contributed by atoms with van der Waals surface area (Å²) in [7, 11) is 1.71. The third kappa shape index (κ3) is 3.62. The number of carbonyl (C=O) groups is 1. The van der Waals surface area contributed by atoms with Crippen molar-refractivity contribution in [1.29, 1.82) is 0 Å². The summed E-state index contributed by atoms with van der Waals surface area (Å²) in [5.74, 6) is 0.209. The number of amides is 1. The van der Waals surface area contributed by atoms with Gasteiger partial charge in [-0.2, -0.15) is 0 Å². The predicted molar refractivity (Wildman–Crippen MR) is 79.9 cm³/mol. The molecule has 1 saturated heterocycles. The highest BCUT2D eigenvalue weighted by molar-refractivity contribution is 9.10. The lowest BCUT2D eigenvalue weighted by Gasteiger charge is -2.37. The van der Waals surface area contributed by atoms with Gasteiger partial charge in [-0.25, -0.2) is 0 Å². The zero-order valence-corrected chi connectivity index (χ0v) is 13.5. The van der Waals surface area contributed by atoms with Crippen molar-refractivity contribution in [2.24, 2.45) is 5.41 Å². The third-order valence-corrected chi connectivity index (χ3v) is 4.22. The molecule has 0 radical (unpaired) electrons. The van der Waals surface area contributed by atoms with E-state index in [0.29, 0.717) is 23.6 Å². The fourth-order valence-electron chi connectivity index (χ4n) is 2.65. The maximum Gasteiger partial charge on any atom is 0.287 e. The molecule has 1 aromatic heterocycles. The summed E-state index contributed by atoms with van der Waals surface area (Å²) in [5, 5.41) is 6.32. The van der Waals surface area contributed by atoms with Crippen LogP contribution in [-0.4, -0.2) is 39.3 Å². The molecular formula is C14H21BrN2O3. The number of ether oxygens (including phenoxy) is 1. The number of hydrogen-bond donors (Lipinski definition) is 2. The van der Waals surface area contributed by atoms with Gasteiger partial charge in [0.2, 0.25) is 0 Å². The van der Waals surface area contributed by atoms with Gasteiger partial charge in [-0.15, -0.1) is 0 Å². The highest BCUT2D eigenvalue weighted by atomic mass is 79.9. The molecule has 0 spiro atoms. The fourth-order valence-corrected chi connectivity index (χ4v) is 3.16. The molecule has 0 saturated carbocycles. The van der Waals surface area contributed by atoms with E-state index < -0.39 is 0 Å². The molecule has 1 aromatic rings. The highest BCUT2D eigenvalue weighted by Gasteiger charge is 2.33. The molecule has 5 nitrogen and oxygen atoms in total. The highest BCUT2D eigenvalue weighted by Crippen LogP contribution is 2.28. The standard InChI is InChI=1S/C14H21BrN2O3/c1-10-7-11(15)20-12(10)13(18)17-8-14(9-19-2)3-5-16-6-4-14/h7,16H,3-6,8-9H2,1-2H3,(H,17,18). The summed E-state index contributed by atoms with van der Waals surface area (Å²) in [5.41, 5.74) is 0.855. The summed E-state index contributed by atoms with van der Waals surface area (Å²) < 4.78 is 11.3. The van der Waals surface area contributed by atoms with Crippen LogP contribution in [0.25, 0.3) is 0 Å². The van der Waals surface area contributed by atoms with Gasteiger partial charge in [0.15, 0.2) is 10.4 Å².